The second-order valence-electron chi connectivity index (χ2n) is 2.91. The van der Waals surface area contributed by atoms with Crippen molar-refractivity contribution in [1.82, 2.24) is 9.97 Å². The van der Waals surface area contributed by atoms with E-state index in [0.29, 0.717) is 16.1 Å². The standard InChI is InChI=1S/C7H11BrN4O2S/c1-5-11-4-6(8)7(12-5)10-2-3-15(9,13)14/h4H,2-3H2,1H3,(H2,9,13,14)(H,10,11,12). The predicted octanol–water partition coefficient (Wildman–Crippen LogP) is 0.248. The Kier molecular flexibility index (Phi) is 4.00. The lowest BCUT2D eigenvalue weighted by Crippen LogP contribution is -2.22. The van der Waals surface area contributed by atoms with E-state index < -0.39 is 10.0 Å². The number of sulfonamides is 1. The Morgan fingerprint density at radius 3 is 2.87 bits per heavy atom. The van der Waals surface area contributed by atoms with E-state index in [1.165, 1.54) is 0 Å². The minimum atomic E-state index is -3.44. The molecule has 0 fully saturated rings. The van der Waals surface area contributed by atoms with E-state index in [1.807, 2.05) is 0 Å². The van der Waals surface area contributed by atoms with Crippen LogP contribution in [0, 0.1) is 6.92 Å². The number of rotatable bonds is 4. The predicted molar refractivity (Wildman–Crippen MR) is 60.9 cm³/mol. The van der Waals surface area contributed by atoms with Crippen LogP contribution in [0.2, 0.25) is 0 Å². The lowest BCUT2D eigenvalue weighted by Gasteiger charge is -2.06. The van der Waals surface area contributed by atoms with Crippen molar-refractivity contribution in [3.8, 4) is 0 Å². The third-order valence-electron chi connectivity index (χ3n) is 1.54. The molecule has 84 valence electrons. The van der Waals surface area contributed by atoms with Crippen LogP contribution < -0.4 is 10.5 Å². The zero-order valence-electron chi connectivity index (χ0n) is 8.07. The summed E-state index contributed by atoms with van der Waals surface area (Å²) in [5.74, 6) is 1.03. The maximum Gasteiger partial charge on any atom is 0.210 e. The van der Waals surface area contributed by atoms with Gasteiger partial charge in [-0.05, 0) is 22.9 Å². The average Bonchev–Trinajstić information content (AvgIpc) is 2.09. The number of hydrogen-bond acceptors (Lipinski definition) is 5. The molecule has 15 heavy (non-hydrogen) atoms. The smallest absolute Gasteiger partial charge is 0.210 e. The molecule has 0 aliphatic rings. The number of nitrogens with two attached hydrogens (primary N) is 1. The normalized spacial score (nSPS) is 11.4. The van der Waals surface area contributed by atoms with Crippen LogP contribution in [0.3, 0.4) is 0 Å². The fourth-order valence-electron chi connectivity index (χ4n) is 0.891. The van der Waals surface area contributed by atoms with Gasteiger partial charge >= 0.3 is 0 Å². The van der Waals surface area contributed by atoms with Gasteiger partial charge < -0.3 is 5.32 Å². The fourth-order valence-corrected chi connectivity index (χ4v) is 1.61. The molecular formula is C7H11BrN4O2S. The molecule has 0 aliphatic carbocycles. The van der Waals surface area contributed by atoms with E-state index in [2.05, 4.69) is 31.2 Å². The van der Waals surface area contributed by atoms with Crippen molar-refractivity contribution in [1.29, 1.82) is 0 Å². The number of nitrogens with zero attached hydrogens (tertiary/aromatic N) is 2. The third kappa shape index (κ3) is 4.54. The van der Waals surface area contributed by atoms with Gasteiger partial charge in [-0.1, -0.05) is 0 Å². The van der Waals surface area contributed by atoms with Crippen LogP contribution in [-0.2, 0) is 10.0 Å². The number of aryl methyl sites for hydroxylation is 1. The summed E-state index contributed by atoms with van der Waals surface area (Å²) in [6.07, 6.45) is 1.60. The van der Waals surface area contributed by atoms with Gasteiger partial charge in [0.05, 0.1) is 10.2 Å². The summed E-state index contributed by atoms with van der Waals surface area (Å²) in [7, 11) is -3.44. The molecule has 0 unspecified atom stereocenters. The molecule has 0 radical (unpaired) electrons. The van der Waals surface area contributed by atoms with E-state index in [1.54, 1.807) is 13.1 Å². The molecule has 0 amide bonds. The SMILES string of the molecule is Cc1ncc(Br)c(NCCS(N)(=O)=O)n1. The van der Waals surface area contributed by atoms with Gasteiger partial charge in [0.25, 0.3) is 0 Å². The van der Waals surface area contributed by atoms with Crippen molar-refractivity contribution in [2.75, 3.05) is 17.6 Å². The minimum absolute atomic E-state index is 0.136. The molecule has 0 aromatic carbocycles. The van der Waals surface area contributed by atoms with E-state index in [-0.39, 0.29) is 12.3 Å². The molecule has 0 bridgehead atoms. The average molecular weight is 295 g/mol. The number of nitrogens with one attached hydrogen (secondary N) is 1. The number of hydrogen-bond donors (Lipinski definition) is 2. The lowest BCUT2D eigenvalue weighted by molar-refractivity contribution is 0.598. The first-order valence-corrected chi connectivity index (χ1v) is 6.63. The zero-order valence-corrected chi connectivity index (χ0v) is 10.5. The van der Waals surface area contributed by atoms with Crippen molar-refractivity contribution in [3.63, 3.8) is 0 Å². The molecule has 0 saturated carbocycles. The van der Waals surface area contributed by atoms with Crippen molar-refractivity contribution in [2.45, 2.75) is 6.92 Å². The van der Waals surface area contributed by atoms with E-state index in [0.717, 1.165) is 0 Å². The molecule has 0 aliphatic heterocycles. The number of aromatic nitrogens is 2. The number of halogens is 1. The first-order chi connectivity index (χ1) is 6.88. The summed E-state index contributed by atoms with van der Waals surface area (Å²) < 4.78 is 22.0. The van der Waals surface area contributed by atoms with E-state index in [9.17, 15) is 8.42 Å². The molecule has 0 saturated heterocycles. The van der Waals surface area contributed by atoms with Gasteiger partial charge in [-0.3, -0.25) is 0 Å². The number of primary sulfonamides is 1. The quantitative estimate of drug-likeness (QED) is 0.829. The van der Waals surface area contributed by atoms with Crippen LogP contribution in [0.4, 0.5) is 5.82 Å². The molecule has 3 N–H and O–H groups in total. The summed E-state index contributed by atoms with van der Waals surface area (Å²) in [6.45, 7) is 1.96. The van der Waals surface area contributed by atoms with Gasteiger partial charge in [0.2, 0.25) is 10.0 Å². The highest BCUT2D eigenvalue weighted by Crippen LogP contribution is 2.17. The van der Waals surface area contributed by atoms with Crippen molar-refractivity contribution in [3.05, 3.63) is 16.5 Å². The summed E-state index contributed by atoms with van der Waals surface area (Å²) in [5.41, 5.74) is 0. The Balaban J connectivity index is 2.61. The molecule has 1 rings (SSSR count). The van der Waals surface area contributed by atoms with Crippen LogP contribution in [0.5, 0.6) is 0 Å². The van der Waals surface area contributed by atoms with E-state index >= 15 is 0 Å². The first-order valence-electron chi connectivity index (χ1n) is 4.12. The molecule has 8 heteroatoms. The summed E-state index contributed by atoms with van der Waals surface area (Å²) in [6, 6.07) is 0. The second-order valence-corrected chi connectivity index (χ2v) is 5.50. The van der Waals surface area contributed by atoms with Crippen LogP contribution in [-0.4, -0.2) is 30.7 Å². The maximum atomic E-state index is 10.7. The van der Waals surface area contributed by atoms with E-state index in [4.69, 9.17) is 5.14 Å². The van der Waals surface area contributed by atoms with Crippen LogP contribution in [0.15, 0.2) is 10.7 Å². The second kappa shape index (κ2) is 4.86. The maximum absolute atomic E-state index is 10.7. The van der Waals surface area contributed by atoms with Gasteiger partial charge in [-0.2, -0.15) is 0 Å². The summed E-state index contributed by atoms with van der Waals surface area (Å²) in [5, 5.41) is 7.71. The van der Waals surface area contributed by atoms with Gasteiger partial charge in [-0.25, -0.2) is 23.5 Å². The zero-order chi connectivity index (χ0) is 11.5. The highest BCUT2D eigenvalue weighted by atomic mass is 79.9. The van der Waals surface area contributed by atoms with Crippen molar-refractivity contribution < 1.29 is 8.42 Å². The van der Waals surface area contributed by atoms with Gasteiger partial charge in [-0.15, -0.1) is 0 Å². The monoisotopic (exact) mass is 294 g/mol. The first kappa shape index (κ1) is 12.3. The van der Waals surface area contributed by atoms with Crippen LogP contribution >= 0.6 is 15.9 Å². The lowest BCUT2D eigenvalue weighted by atomic mass is 10.5. The molecule has 0 atom stereocenters. The Hall–Kier alpha value is -0.730. The summed E-state index contributed by atoms with van der Waals surface area (Å²) in [4.78, 5) is 8.04. The molecule has 1 aromatic rings. The Morgan fingerprint density at radius 1 is 1.60 bits per heavy atom. The van der Waals surface area contributed by atoms with Crippen LogP contribution in [0.1, 0.15) is 5.82 Å². The molecule has 1 heterocycles. The Morgan fingerprint density at radius 2 is 2.27 bits per heavy atom. The summed E-state index contributed by atoms with van der Waals surface area (Å²) >= 11 is 3.24. The molecule has 0 spiro atoms. The largest absolute Gasteiger partial charge is 0.368 e. The molecule has 1 aromatic heterocycles. The van der Waals surface area contributed by atoms with Crippen molar-refractivity contribution in [2.24, 2.45) is 5.14 Å². The highest BCUT2D eigenvalue weighted by Gasteiger charge is 2.05. The third-order valence-corrected chi connectivity index (χ3v) is 2.90. The molecular weight excluding hydrogens is 284 g/mol. The van der Waals surface area contributed by atoms with Crippen molar-refractivity contribution >= 4 is 31.8 Å². The van der Waals surface area contributed by atoms with Crippen LogP contribution in [0.25, 0.3) is 0 Å². The van der Waals surface area contributed by atoms with Gasteiger partial charge in [0, 0.05) is 12.7 Å². The Bertz CT molecular complexity index is 448. The van der Waals surface area contributed by atoms with Gasteiger partial charge in [0.1, 0.15) is 11.6 Å². The molecule has 6 nitrogen and oxygen atoms in total. The highest BCUT2D eigenvalue weighted by molar-refractivity contribution is 9.10. The minimum Gasteiger partial charge on any atom is -0.368 e. The fraction of sp³-hybridized carbons (Fsp3) is 0.429. The topological polar surface area (TPSA) is 98.0 Å². The Labute approximate surface area is 96.5 Å². The van der Waals surface area contributed by atoms with Gasteiger partial charge in [0.15, 0.2) is 0 Å². The number of anilines is 1.